The van der Waals surface area contributed by atoms with E-state index < -0.39 is 0 Å². The largest absolute Gasteiger partial charge is 0.381 e. The number of aryl methyl sites for hydroxylation is 3. The molecule has 150 valence electrons. The lowest BCUT2D eigenvalue weighted by Gasteiger charge is -2.07. The Balaban J connectivity index is 1.42. The molecular weight excluding hydrogens is 376 g/mol. The lowest BCUT2D eigenvalue weighted by atomic mass is 10.2. The van der Waals surface area contributed by atoms with Gasteiger partial charge in [0.2, 0.25) is 0 Å². The first-order valence-corrected chi connectivity index (χ1v) is 10.4. The zero-order chi connectivity index (χ0) is 20.1. The van der Waals surface area contributed by atoms with Crippen LogP contribution in [0.3, 0.4) is 0 Å². The molecule has 3 aromatic rings. The van der Waals surface area contributed by atoms with E-state index in [1.54, 1.807) is 17.9 Å². The van der Waals surface area contributed by atoms with Gasteiger partial charge in [0, 0.05) is 44.5 Å². The number of benzene rings is 1. The summed E-state index contributed by atoms with van der Waals surface area (Å²) in [6, 6.07) is 8.56. The SMILES string of the molecule is Cc1ccc(SCCCOCCCn2cnc3c2c(=O)n(C)c(=O)n3C)cc1. The monoisotopic (exact) mass is 402 g/mol. The van der Waals surface area contributed by atoms with Gasteiger partial charge >= 0.3 is 5.69 Å². The Kier molecular flexibility index (Phi) is 6.74. The highest BCUT2D eigenvalue weighted by molar-refractivity contribution is 7.99. The Bertz CT molecular complexity index is 1050. The number of aromatic nitrogens is 4. The molecule has 0 atom stereocenters. The van der Waals surface area contributed by atoms with Crippen molar-refractivity contribution in [3.63, 3.8) is 0 Å². The number of hydrogen-bond acceptors (Lipinski definition) is 5. The number of hydrogen-bond donors (Lipinski definition) is 0. The van der Waals surface area contributed by atoms with Crippen LogP contribution in [0.5, 0.6) is 0 Å². The maximum Gasteiger partial charge on any atom is 0.332 e. The van der Waals surface area contributed by atoms with Gasteiger partial charge < -0.3 is 9.30 Å². The van der Waals surface area contributed by atoms with Crippen LogP contribution in [-0.2, 0) is 25.4 Å². The van der Waals surface area contributed by atoms with E-state index in [1.165, 1.54) is 22.1 Å². The molecule has 0 bridgehead atoms. The summed E-state index contributed by atoms with van der Waals surface area (Å²) < 4.78 is 10.0. The summed E-state index contributed by atoms with van der Waals surface area (Å²) in [5.41, 5.74) is 1.47. The Morgan fingerprint density at radius 3 is 2.50 bits per heavy atom. The maximum absolute atomic E-state index is 12.4. The van der Waals surface area contributed by atoms with Crippen molar-refractivity contribution in [3.05, 3.63) is 57.0 Å². The summed E-state index contributed by atoms with van der Waals surface area (Å²) in [5, 5.41) is 0. The fourth-order valence-corrected chi connectivity index (χ4v) is 3.82. The average molecular weight is 403 g/mol. The molecule has 0 fully saturated rings. The minimum absolute atomic E-state index is 0.315. The van der Waals surface area contributed by atoms with Gasteiger partial charge in [0.15, 0.2) is 11.2 Å². The second-order valence-electron chi connectivity index (χ2n) is 6.80. The maximum atomic E-state index is 12.4. The Hall–Kier alpha value is -2.32. The number of rotatable bonds is 9. The highest BCUT2D eigenvalue weighted by Gasteiger charge is 2.13. The van der Waals surface area contributed by atoms with Gasteiger partial charge in [-0.3, -0.25) is 13.9 Å². The highest BCUT2D eigenvalue weighted by atomic mass is 32.2. The summed E-state index contributed by atoms with van der Waals surface area (Å²) in [6.07, 6.45) is 3.39. The predicted molar refractivity (Wildman–Crippen MR) is 112 cm³/mol. The molecule has 0 unspecified atom stereocenters. The number of nitrogens with zero attached hydrogens (tertiary/aromatic N) is 4. The van der Waals surface area contributed by atoms with Crippen LogP contribution in [0.1, 0.15) is 18.4 Å². The molecule has 3 rings (SSSR count). The second kappa shape index (κ2) is 9.25. The van der Waals surface area contributed by atoms with Crippen LogP contribution in [0.25, 0.3) is 11.2 Å². The fourth-order valence-electron chi connectivity index (χ4n) is 2.99. The molecule has 0 aliphatic heterocycles. The first-order chi connectivity index (χ1) is 13.5. The van der Waals surface area contributed by atoms with Crippen molar-refractivity contribution in [2.24, 2.45) is 14.1 Å². The smallest absolute Gasteiger partial charge is 0.332 e. The zero-order valence-corrected chi connectivity index (χ0v) is 17.4. The van der Waals surface area contributed by atoms with E-state index in [0.29, 0.717) is 24.3 Å². The van der Waals surface area contributed by atoms with E-state index in [2.05, 4.69) is 36.2 Å². The van der Waals surface area contributed by atoms with Gasteiger partial charge in [-0.05, 0) is 31.9 Å². The summed E-state index contributed by atoms with van der Waals surface area (Å²) in [4.78, 5) is 29.8. The third-order valence-electron chi connectivity index (χ3n) is 4.63. The topological polar surface area (TPSA) is 71.1 Å². The quantitative estimate of drug-likeness (QED) is 0.406. The summed E-state index contributed by atoms with van der Waals surface area (Å²) >= 11 is 1.84. The number of fused-ring (bicyclic) bond motifs is 1. The number of imidazole rings is 1. The van der Waals surface area contributed by atoms with Crippen LogP contribution in [-0.4, -0.2) is 37.7 Å². The van der Waals surface area contributed by atoms with E-state index in [4.69, 9.17) is 4.74 Å². The van der Waals surface area contributed by atoms with Crippen molar-refractivity contribution in [1.82, 2.24) is 18.7 Å². The van der Waals surface area contributed by atoms with Gasteiger partial charge in [-0.15, -0.1) is 11.8 Å². The molecule has 7 nitrogen and oxygen atoms in total. The van der Waals surface area contributed by atoms with Crippen LogP contribution in [0, 0.1) is 6.92 Å². The van der Waals surface area contributed by atoms with Gasteiger partial charge in [-0.25, -0.2) is 9.78 Å². The van der Waals surface area contributed by atoms with E-state index in [9.17, 15) is 9.59 Å². The van der Waals surface area contributed by atoms with Gasteiger partial charge in [0.25, 0.3) is 5.56 Å². The van der Waals surface area contributed by atoms with E-state index in [0.717, 1.165) is 29.8 Å². The third kappa shape index (κ3) is 4.56. The van der Waals surface area contributed by atoms with E-state index in [1.807, 2.05) is 11.8 Å². The van der Waals surface area contributed by atoms with E-state index in [-0.39, 0.29) is 11.2 Å². The molecule has 0 amide bonds. The van der Waals surface area contributed by atoms with Crippen molar-refractivity contribution in [1.29, 1.82) is 0 Å². The molecular formula is C20H26N4O3S. The van der Waals surface area contributed by atoms with Crippen molar-refractivity contribution in [3.8, 4) is 0 Å². The molecule has 0 saturated carbocycles. The Labute approximate surface area is 168 Å². The molecule has 2 heterocycles. The van der Waals surface area contributed by atoms with Gasteiger partial charge in [-0.1, -0.05) is 17.7 Å². The van der Waals surface area contributed by atoms with Gasteiger partial charge in [-0.2, -0.15) is 0 Å². The normalized spacial score (nSPS) is 11.4. The molecule has 0 spiro atoms. The van der Waals surface area contributed by atoms with Crippen LogP contribution in [0.4, 0.5) is 0 Å². The lowest BCUT2D eigenvalue weighted by Crippen LogP contribution is -2.37. The Morgan fingerprint density at radius 1 is 1.04 bits per heavy atom. The number of ether oxygens (including phenoxy) is 1. The van der Waals surface area contributed by atoms with Crippen LogP contribution in [0.2, 0.25) is 0 Å². The molecule has 2 aromatic heterocycles. The minimum atomic E-state index is -0.366. The molecule has 0 saturated heterocycles. The minimum Gasteiger partial charge on any atom is -0.381 e. The summed E-state index contributed by atoms with van der Waals surface area (Å²) in [6.45, 7) is 4.07. The number of thioether (sulfide) groups is 1. The Morgan fingerprint density at radius 2 is 1.75 bits per heavy atom. The lowest BCUT2D eigenvalue weighted by molar-refractivity contribution is 0.130. The van der Waals surface area contributed by atoms with Crippen molar-refractivity contribution in [2.75, 3.05) is 19.0 Å². The molecule has 8 heteroatoms. The van der Waals surface area contributed by atoms with Crippen molar-refractivity contribution >= 4 is 22.9 Å². The van der Waals surface area contributed by atoms with Crippen molar-refractivity contribution < 1.29 is 4.74 Å². The third-order valence-corrected chi connectivity index (χ3v) is 5.73. The van der Waals surface area contributed by atoms with Crippen LogP contribution >= 0.6 is 11.8 Å². The second-order valence-corrected chi connectivity index (χ2v) is 7.97. The summed E-state index contributed by atoms with van der Waals surface area (Å²) in [7, 11) is 3.11. The molecule has 1 aromatic carbocycles. The highest BCUT2D eigenvalue weighted by Crippen LogP contribution is 2.18. The first-order valence-electron chi connectivity index (χ1n) is 9.37. The predicted octanol–water partition coefficient (Wildman–Crippen LogP) is 2.33. The fraction of sp³-hybridized carbons (Fsp3) is 0.450. The van der Waals surface area contributed by atoms with Gasteiger partial charge in [0.1, 0.15) is 0 Å². The van der Waals surface area contributed by atoms with E-state index >= 15 is 0 Å². The average Bonchev–Trinajstić information content (AvgIpc) is 3.12. The van der Waals surface area contributed by atoms with Gasteiger partial charge in [0.05, 0.1) is 6.33 Å². The standard InChI is InChI=1S/C20H26N4O3S/c1-15-6-8-16(9-7-15)28-13-5-12-27-11-4-10-24-14-21-18-17(24)19(25)23(3)20(26)22(18)2/h6-9,14H,4-5,10-13H2,1-3H3. The van der Waals surface area contributed by atoms with Crippen LogP contribution in [0.15, 0.2) is 45.1 Å². The molecule has 28 heavy (non-hydrogen) atoms. The first kappa shape index (κ1) is 20.4. The molecule has 0 radical (unpaired) electrons. The molecule has 0 aliphatic carbocycles. The summed E-state index contributed by atoms with van der Waals surface area (Å²) in [5.74, 6) is 1.03. The van der Waals surface area contributed by atoms with Crippen LogP contribution < -0.4 is 11.2 Å². The molecule has 0 N–H and O–H groups in total. The zero-order valence-electron chi connectivity index (χ0n) is 16.6. The molecule has 0 aliphatic rings. The van der Waals surface area contributed by atoms with Crippen molar-refractivity contribution in [2.45, 2.75) is 31.2 Å².